The molecule has 1 aromatic carbocycles. The normalized spacial score (nSPS) is 19.4. The predicted molar refractivity (Wildman–Crippen MR) is 78.9 cm³/mol. The van der Waals surface area contributed by atoms with E-state index in [1.54, 1.807) is 11.1 Å². The Kier molecular flexibility index (Phi) is 5.52. The second-order valence-corrected chi connectivity index (χ2v) is 5.90. The van der Waals surface area contributed by atoms with Crippen LogP contribution in [0.25, 0.3) is 0 Å². The first kappa shape index (κ1) is 17.0. The number of nitrogens with zero attached hydrogens (tertiary/aromatic N) is 1. The third kappa shape index (κ3) is 3.02. The zero-order valence-corrected chi connectivity index (χ0v) is 15.4. The van der Waals surface area contributed by atoms with Gasteiger partial charge in [0.15, 0.2) is 5.76 Å². The van der Waals surface area contributed by atoms with Crippen LogP contribution in [0.1, 0.15) is 19.4 Å². The van der Waals surface area contributed by atoms with Gasteiger partial charge in [-0.25, -0.2) is 0 Å². The van der Waals surface area contributed by atoms with Crippen molar-refractivity contribution in [2.75, 3.05) is 7.05 Å². The van der Waals surface area contributed by atoms with E-state index in [4.69, 9.17) is 27.9 Å². The van der Waals surface area contributed by atoms with Gasteiger partial charge < -0.3 is 21.7 Å². The molecule has 2 rings (SSSR count). The lowest BCUT2D eigenvalue weighted by atomic mass is 10.0. The van der Waals surface area contributed by atoms with Crippen molar-refractivity contribution in [1.82, 2.24) is 0 Å². The van der Waals surface area contributed by atoms with Gasteiger partial charge in [-0.3, -0.25) is 0 Å². The van der Waals surface area contributed by atoms with Gasteiger partial charge in [0.05, 0.1) is 15.6 Å². The van der Waals surface area contributed by atoms with Crippen molar-refractivity contribution in [3.05, 3.63) is 44.6 Å². The molecule has 0 aromatic heterocycles. The smallest absolute Gasteiger partial charge is 0.375 e. The fourth-order valence-corrected chi connectivity index (χ4v) is 2.71. The standard InChI is InChI=1S/C13H13BrCl2NO.BrH/c1-13(2)11(7-14)18-12(17(13)3)8-4-5-9(15)10(16)6-8;/h4-7H,1-3H3;1H/q+1;/p-1. The molecular formula is C13H13Br2Cl2NO. The van der Waals surface area contributed by atoms with Gasteiger partial charge in [0.1, 0.15) is 7.05 Å². The Balaban J connectivity index is 0.00000180. The maximum atomic E-state index is 6.04. The molecule has 2 nitrogen and oxygen atoms in total. The van der Waals surface area contributed by atoms with Crippen molar-refractivity contribution in [1.29, 1.82) is 0 Å². The summed E-state index contributed by atoms with van der Waals surface area (Å²) in [5.74, 6) is 1.62. The highest BCUT2D eigenvalue weighted by Gasteiger charge is 2.45. The first-order valence-electron chi connectivity index (χ1n) is 5.43. The van der Waals surface area contributed by atoms with Gasteiger partial charge in [-0.2, -0.15) is 4.58 Å². The van der Waals surface area contributed by atoms with Crippen LogP contribution in [0.2, 0.25) is 10.0 Å². The molecule has 0 radical (unpaired) electrons. The van der Waals surface area contributed by atoms with Crippen LogP contribution in [0, 0.1) is 0 Å². The van der Waals surface area contributed by atoms with Crippen LogP contribution in [0.5, 0.6) is 0 Å². The summed E-state index contributed by atoms with van der Waals surface area (Å²) in [5.41, 5.74) is 0.703. The third-order valence-corrected chi connectivity index (χ3v) is 4.37. The summed E-state index contributed by atoms with van der Waals surface area (Å²) < 4.78 is 7.94. The van der Waals surface area contributed by atoms with Gasteiger partial charge in [0.2, 0.25) is 5.54 Å². The molecule has 1 heterocycles. The van der Waals surface area contributed by atoms with E-state index in [2.05, 4.69) is 34.4 Å². The van der Waals surface area contributed by atoms with Crippen molar-refractivity contribution in [3.8, 4) is 0 Å². The molecule has 0 amide bonds. The Morgan fingerprint density at radius 3 is 2.37 bits per heavy atom. The SMILES string of the molecule is C[N+]1=C(c2ccc(Cl)c(Cl)c2)OC(=CBr)C1(C)C.[Br-]. The molecular weight excluding hydrogens is 417 g/mol. The molecule has 0 saturated heterocycles. The fraction of sp³-hybridized carbons (Fsp3) is 0.308. The minimum atomic E-state index is -0.203. The van der Waals surface area contributed by atoms with Gasteiger partial charge in [-0.1, -0.05) is 39.1 Å². The minimum Gasteiger partial charge on any atom is -1.00 e. The number of halogens is 4. The quantitative estimate of drug-likeness (QED) is 0.615. The molecule has 1 aliphatic rings. The predicted octanol–water partition coefficient (Wildman–Crippen LogP) is 1.43. The largest absolute Gasteiger partial charge is 1.00 e. The van der Waals surface area contributed by atoms with Crippen LogP contribution < -0.4 is 17.0 Å². The fourth-order valence-electron chi connectivity index (χ4n) is 1.75. The minimum absolute atomic E-state index is 0. The molecule has 0 unspecified atom stereocenters. The molecule has 0 bridgehead atoms. The number of likely N-dealkylation sites (N-methyl/N-ethyl adjacent to an activating group) is 1. The lowest BCUT2D eigenvalue weighted by Crippen LogP contribution is -3.00. The van der Waals surface area contributed by atoms with Crippen LogP contribution >= 0.6 is 39.1 Å². The van der Waals surface area contributed by atoms with Crippen LogP contribution in [-0.2, 0) is 4.74 Å². The average molecular weight is 430 g/mol. The summed E-state index contributed by atoms with van der Waals surface area (Å²) in [4.78, 5) is 1.80. The first-order chi connectivity index (χ1) is 8.37. The van der Waals surface area contributed by atoms with Crippen LogP contribution in [0.4, 0.5) is 0 Å². The summed E-state index contributed by atoms with van der Waals surface area (Å²) in [6.45, 7) is 4.18. The lowest BCUT2D eigenvalue weighted by molar-refractivity contribution is -0.556. The first-order valence-corrected chi connectivity index (χ1v) is 7.10. The Labute approximate surface area is 141 Å². The third-order valence-electron chi connectivity index (χ3n) is 3.22. The number of benzene rings is 1. The van der Waals surface area contributed by atoms with Gasteiger partial charge in [-0.15, -0.1) is 0 Å². The number of ether oxygens (including phenoxy) is 1. The summed E-state index contributed by atoms with van der Waals surface area (Å²) in [6.07, 6.45) is 0. The van der Waals surface area contributed by atoms with E-state index >= 15 is 0 Å². The lowest BCUT2D eigenvalue weighted by Gasteiger charge is -2.11. The van der Waals surface area contributed by atoms with E-state index < -0.39 is 0 Å². The molecule has 104 valence electrons. The average Bonchev–Trinajstić information content (AvgIpc) is 2.55. The van der Waals surface area contributed by atoms with E-state index in [0.717, 1.165) is 17.2 Å². The van der Waals surface area contributed by atoms with E-state index in [1.807, 2.05) is 19.2 Å². The van der Waals surface area contributed by atoms with Crippen LogP contribution in [0.3, 0.4) is 0 Å². The second-order valence-electron chi connectivity index (χ2n) is 4.63. The van der Waals surface area contributed by atoms with Crippen LogP contribution in [0.15, 0.2) is 28.9 Å². The van der Waals surface area contributed by atoms with E-state index in [9.17, 15) is 0 Å². The number of hydrogen-bond acceptors (Lipinski definition) is 1. The Bertz CT molecular complexity index is 568. The van der Waals surface area contributed by atoms with Gasteiger partial charge in [0, 0.05) is 18.8 Å². The summed E-state index contributed by atoms with van der Waals surface area (Å²) in [6, 6.07) is 5.47. The van der Waals surface area contributed by atoms with E-state index in [0.29, 0.717) is 10.0 Å². The molecule has 19 heavy (non-hydrogen) atoms. The molecule has 0 spiro atoms. The summed E-state index contributed by atoms with van der Waals surface area (Å²) in [5, 5.41) is 1.06. The van der Waals surface area contributed by atoms with Gasteiger partial charge in [-0.05, 0) is 18.2 Å². The molecule has 0 saturated carbocycles. The number of rotatable bonds is 1. The highest BCUT2D eigenvalue weighted by Crippen LogP contribution is 2.32. The molecule has 0 fully saturated rings. The van der Waals surface area contributed by atoms with Gasteiger partial charge in [0.25, 0.3) is 0 Å². The molecule has 1 aliphatic heterocycles. The number of hydrogen-bond donors (Lipinski definition) is 0. The maximum absolute atomic E-state index is 6.04. The van der Waals surface area contributed by atoms with E-state index in [-0.39, 0.29) is 22.5 Å². The van der Waals surface area contributed by atoms with Crippen molar-refractivity contribution >= 4 is 45.0 Å². The topological polar surface area (TPSA) is 12.2 Å². The van der Waals surface area contributed by atoms with Crippen molar-refractivity contribution in [3.63, 3.8) is 0 Å². The maximum Gasteiger partial charge on any atom is 0.375 e. The molecule has 0 N–H and O–H groups in total. The highest BCUT2D eigenvalue weighted by molar-refractivity contribution is 9.11. The monoisotopic (exact) mass is 427 g/mol. The Morgan fingerprint density at radius 1 is 1.26 bits per heavy atom. The molecule has 0 aliphatic carbocycles. The molecule has 1 aromatic rings. The van der Waals surface area contributed by atoms with Crippen LogP contribution in [-0.4, -0.2) is 23.1 Å². The zero-order valence-electron chi connectivity index (χ0n) is 10.7. The Morgan fingerprint density at radius 2 is 1.89 bits per heavy atom. The summed E-state index contributed by atoms with van der Waals surface area (Å²) >= 11 is 15.3. The molecule has 0 atom stereocenters. The van der Waals surface area contributed by atoms with Crippen molar-refractivity contribution in [2.24, 2.45) is 0 Å². The Hall–Kier alpha value is -0.0300. The van der Waals surface area contributed by atoms with E-state index in [1.165, 1.54) is 0 Å². The zero-order chi connectivity index (χ0) is 13.5. The van der Waals surface area contributed by atoms with Crippen molar-refractivity contribution < 1.29 is 26.3 Å². The second kappa shape index (κ2) is 6.17. The van der Waals surface area contributed by atoms with Crippen molar-refractivity contribution in [2.45, 2.75) is 19.4 Å². The van der Waals surface area contributed by atoms with Gasteiger partial charge >= 0.3 is 5.90 Å². The summed E-state index contributed by atoms with van der Waals surface area (Å²) in [7, 11) is 1.99. The highest BCUT2D eigenvalue weighted by atomic mass is 79.9. The molecule has 6 heteroatoms.